The third-order valence-corrected chi connectivity index (χ3v) is 2.34. The van der Waals surface area contributed by atoms with Gasteiger partial charge in [0.1, 0.15) is 0 Å². The molecule has 1 aromatic heterocycles. The molecule has 1 fully saturated rings. The maximum atomic E-state index is 11.3. The Morgan fingerprint density at radius 1 is 1.50 bits per heavy atom. The highest BCUT2D eigenvalue weighted by atomic mass is 16.2. The van der Waals surface area contributed by atoms with Crippen LogP contribution in [0.3, 0.4) is 0 Å². The second kappa shape index (κ2) is 5.92. The van der Waals surface area contributed by atoms with Crippen LogP contribution in [-0.2, 0) is 4.79 Å². The van der Waals surface area contributed by atoms with Crippen molar-refractivity contribution in [2.45, 2.75) is 20.3 Å². The fraction of sp³-hybridized carbons (Fsp3) is 0.385. The molecule has 2 heterocycles. The smallest absolute Gasteiger partial charge is 0.223 e. The van der Waals surface area contributed by atoms with E-state index in [1.165, 1.54) is 0 Å². The van der Waals surface area contributed by atoms with Gasteiger partial charge in [0.05, 0.1) is 6.54 Å². The molecule has 3 nitrogen and oxygen atoms in total. The lowest BCUT2D eigenvalue weighted by Crippen LogP contribution is -2.24. The first-order valence-electron chi connectivity index (χ1n) is 5.03. The molecule has 84 valence electrons. The third-order valence-electron chi connectivity index (χ3n) is 2.34. The van der Waals surface area contributed by atoms with Crippen molar-refractivity contribution in [3.63, 3.8) is 0 Å². The van der Waals surface area contributed by atoms with Crippen LogP contribution in [0.15, 0.2) is 24.5 Å². The molecule has 0 aliphatic carbocycles. The van der Waals surface area contributed by atoms with Crippen LogP contribution >= 0.6 is 0 Å². The van der Waals surface area contributed by atoms with Crippen molar-refractivity contribution in [2.24, 2.45) is 0 Å². The Kier molecular flexibility index (Phi) is 4.53. The summed E-state index contributed by atoms with van der Waals surface area (Å²) >= 11 is 0. The molecule has 1 amide bonds. The lowest BCUT2D eigenvalue weighted by Gasteiger charge is -2.09. The Hall–Kier alpha value is -1.82. The lowest BCUT2D eigenvalue weighted by atomic mass is 10.3. The van der Waals surface area contributed by atoms with E-state index < -0.39 is 0 Å². The summed E-state index contributed by atoms with van der Waals surface area (Å²) in [5.74, 6) is 6.19. The molecule has 0 saturated carbocycles. The number of hydrogen-bond acceptors (Lipinski definition) is 2. The Labute approximate surface area is 96.5 Å². The first-order valence-corrected chi connectivity index (χ1v) is 5.03. The van der Waals surface area contributed by atoms with Crippen LogP contribution in [0.25, 0.3) is 0 Å². The molecule has 0 aromatic carbocycles. The van der Waals surface area contributed by atoms with Gasteiger partial charge >= 0.3 is 0 Å². The molecular formula is C13H16N2O. The van der Waals surface area contributed by atoms with Crippen molar-refractivity contribution >= 4 is 5.91 Å². The zero-order valence-corrected chi connectivity index (χ0v) is 8.44. The summed E-state index contributed by atoms with van der Waals surface area (Å²) in [6, 6.07) is 3.76. The van der Waals surface area contributed by atoms with Gasteiger partial charge in [-0.1, -0.05) is 19.3 Å². The van der Waals surface area contributed by atoms with E-state index in [0.29, 0.717) is 13.0 Å². The van der Waals surface area contributed by atoms with Gasteiger partial charge in [-0.2, -0.15) is 0 Å². The SMILES string of the molecule is C.O=C1CCCN1CC#Cc1cccnc1. The van der Waals surface area contributed by atoms with Gasteiger partial charge < -0.3 is 4.90 Å². The summed E-state index contributed by atoms with van der Waals surface area (Å²) in [6.07, 6.45) is 5.08. The summed E-state index contributed by atoms with van der Waals surface area (Å²) in [4.78, 5) is 17.0. The maximum Gasteiger partial charge on any atom is 0.223 e. The Morgan fingerprint density at radius 3 is 3.00 bits per heavy atom. The van der Waals surface area contributed by atoms with E-state index in [4.69, 9.17) is 0 Å². The van der Waals surface area contributed by atoms with Crippen molar-refractivity contribution in [2.75, 3.05) is 13.1 Å². The Morgan fingerprint density at radius 2 is 2.38 bits per heavy atom. The van der Waals surface area contributed by atoms with Crippen LogP contribution in [0.2, 0.25) is 0 Å². The second-order valence-corrected chi connectivity index (χ2v) is 3.46. The highest BCUT2D eigenvalue weighted by molar-refractivity contribution is 5.78. The highest BCUT2D eigenvalue weighted by Gasteiger charge is 2.18. The van der Waals surface area contributed by atoms with Crippen LogP contribution in [0.4, 0.5) is 0 Å². The zero-order valence-electron chi connectivity index (χ0n) is 8.44. The van der Waals surface area contributed by atoms with Crippen molar-refractivity contribution in [3.8, 4) is 11.8 Å². The number of carbonyl (C=O) groups is 1. The van der Waals surface area contributed by atoms with E-state index in [2.05, 4.69) is 16.8 Å². The molecule has 2 rings (SSSR count). The Bertz CT molecular complexity index is 403. The molecule has 0 radical (unpaired) electrons. The van der Waals surface area contributed by atoms with Crippen LogP contribution < -0.4 is 0 Å². The van der Waals surface area contributed by atoms with Gasteiger partial charge in [0.2, 0.25) is 5.91 Å². The summed E-state index contributed by atoms with van der Waals surface area (Å²) in [5.41, 5.74) is 0.893. The molecule has 1 saturated heterocycles. The van der Waals surface area contributed by atoms with E-state index >= 15 is 0 Å². The van der Waals surface area contributed by atoms with Gasteiger partial charge in [-0.3, -0.25) is 9.78 Å². The minimum atomic E-state index is 0. The highest BCUT2D eigenvalue weighted by Crippen LogP contribution is 2.07. The van der Waals surface area contributed by atoms with Gasteiger partial charge in [0, 0.05) is 30.9 Å². The topological polar surface area (TPSA) is 33.2 Å². The lowest BCUT2D eigenvalue weighted by molar-refractivity contribution is -0.127. The van der Waals surface area contributed by atoms with E-state index in [0.717, 1.165) is 18.5 Å². The van der Waals surface area contributed by atoms with E-state index in [9.17, 15) is 4.79 Å². The van der Waals surface area contributed by atoms with E-state index in [1.807, 2.05) is 12.1 Å². The number of nitrogens with zero attached hydrogens (tertiary/aromatic N) is 2. The number of rotatable bonds is 1. The number of hydrogen-bond donors (Lipinski definition) is 0. The Balaban J connectivity index is 0.00000128. The maximum absolute atomic E-state index is 11.3. The number of pyridine rings is 1. The molecule has 0 atom stereocenters. The van der Waals surface area contributed by atoms with Gasteiger partial charge in [-0.05, 0) is 18.6 Å². The number of carbonyl (C=O) groups excluding carboxylic acids is 1. The monoisotopic (exact) mass is 216 g/mol. The fourth-order valence-electron chi connectivity index (χ4n) is 1.54. The number of aromatic nitrogens is 1. The second-order valence-electron chi connectivity index (χ2n) is 3.46. The van der Waals surface area contributed by atoms with Crippen molar-refractivity contribution in [1.29, 1.82) is 0 Å². The van der Waals surface area contributed by atoms with Crippen LogP contribution in [0.1, 0.15) is 25.8 Å². The summed E-state index contributed by atoms with van der Waals surface area (Å²) in [6.45, 7) is 1.38. The van der Waals surface area contributed by atoms with E-state index in [-0.39, 0.29) is 13.3 Å². The third kappa shape index (κ3) is 3.09. The average Bonchev–Trinajstić information content (AvgIpc) is 2.66. The standard InChI is InChI=1S/C12H12N2O.CH4/c15-12-6-3-9-14(12)8-2-5-11-4-1-7-13-10-11;/h1,4,7,10H,3,6,8-9H2;1H4. The van der Waals surface area contributed by atoms with Crippen LogP contribution in [0, 0.1) is 11.8 Å². The predicted molar refractivity (Wildman–Crippen MR) is 63.7 cm³/mol. The van der Waals surface area contributed by atoms with Crippen molar-refractivity contribution in [3.05, 3.63) is 30.1 Å². The van der Waals surface area contributed by atoms with Gasteiger partial charge in [-0.25, -0.2) is 0 Å². The molecular weight excluding hydrogens is 200 g/mol. The summed E-state index contributed by atoms with van der Waals surface area (Å²) in [5, 5.41) is 0. The van der Waals surface area contributed by atoms with Gasteiger partial charge in [0.15, 0.2) is 0 Å². The molecule has 0 bridgehead atoms. The molecule has 0 N–H and O–H groups in total. The molecule has 1 aliphatic rings. The average molecular weight is 216 g/mol. The number of amides is 1. The summed E-state index contributed by atoms with van der Waals surface area (Å²) < 4.78 is 0. The molecule has 16 heavy (non-hydrogen) atoms. The minimum Gasteiger partial charge on any atom is -0.332 e. The minimum absolute atomic E-state index is 0. The fourth-order valence-corrected chi connectivity index (χ4v) is 1.54. The molecule has 1 aliphatic heterocycles. The van der Waals surface area contributed by atoms with Gasteiger partial charge in [-0.15, -0.1) is 0 Å². The first-order chi connectivity index (χ1) is 7.36. The van der Waals surface area contributed by atoms with Gasteiger partial charge in [0.25, 0.3) is 0 Å². The molecule has 1 aromatic rings. The van der Waals surface area contributed by atoms with Crippen molar-refractivity contribution in [1.82, 2.24) is 9.88 Å². The summed E-state index contributed by atoms with van der Waals surface area (Å²) in [7, 11) is 0. The largest absolute Gasteiger partial charge is 0.332 e. The molecule has 3 heteroatoms. The molecule has 0 spiro atoms. The van der Waals surface area contributed by atoms with E-state index in [1.54, 1.807) is 17.3 Å². The quantitative estimate of drug-likeness (QED) is 0.669. The van der Waals surface area contributed by atoms with Crippen LogP contribution in [0.5, 0.6) is 0 Å². The predicted octanol–water partition coefficient (Wildman–Crippen LogP) is 1.69. The van der Waals surface area contributed by atoms with Crippen molar-refractivity contribution < 1.29 is 4.79 Å². The van der Waals surface area contributed by atoms with Crippen LogP contribution in [-0.4, -0.2) is 28.9 Å². The normalized spacial score (nSPS) is 14.0. The zero-order chi connectivity index (χ0) is 10.5. The molecule has 0 unspecified atom stereocenters. The number of likely N-dealkylation sites (tertiary alicyclic amines) is 1. The first kappa shape index (κ1) is 12.3.